The van der Waals surface area contributed by atoms with Gasteiger partial charge in [0.1, 0.15) is 0 Å². The molecule has 0 aromatic heterocycles. The number of hydrogen-bond acceptors (Lipinski definition) is 3. The van der Waals surface area contributed by atoms with Gasteiger partial charge < -0.3 is 5.32 Å². The van der Waals surface area contributed by atoms with E-state index in [1.165, 1.54) is 33.4 Å². The van der Waals surface area contributed by atoms with E-state index in [1.807, 2.05) is 12.4 Å². The molecule has 0 aliphatic rings. The number of rotatable bonds is 6. The van der Waals surface area contributed by atoms with Gasteiger partial charge in [-0.25, -0.2) is 0 Å². The number of benzene rings is 2. The van der Waals surface area contributed by atoms with E-state index in [-0.39, 0.29) is 13.1 Å². The van der Waals surface area contributed by atoms with Gasteiger partial charge in [-0.15, -0.1) is 0 Å². The molecule has 28 heavy (non-hydrogen) atoms. The first-order valence-corrected chi connectivity index (χ1v) is 12.1. The van der Waals surface area contributed by atoms with E-state index in [0.29, 0.717) is 0 Å². The molecule has 0 unspecified atom stereocenters. The third kappa shape index (κ3) is 8.46. The Hall–Kier alpha value is -1.16. The molecule has 154 valence electrons. The maximum absolute atomic E-state index is 4.76. The Morgan fingerprint density at radius 2 is 1.00 bits per heavy atom. The van der Waals surface area contributed by atoms with E-state index in [1.54, 1.807) is 0 Å². The summed E-state index contributed by atoms with van der Waals surface area (Å²) in [7, 11) is 9.53. The summed E-state index contributed by atoms with van der Waals surface area (Å²) in [5.41, 5.74) is 9.61. The first-order valence-electron chi connectivity index (χ1n) is 9.06. The van der Waals surface area contributed by atoms with Crippen LogP contribution in [-0.2, 0) is 13.1 Å². The summed E-state index contributed by atoms with van der Waals surface area (Å²) in [5, 5.41) is 3.33. The Morgan fingerprint density at radius 1 is 0.714 bits per heavy atom. The summed E-state index contributed by atoms with van der Waals surface area (Å²) in [6.07, 6.45) is 3.86. The van der Waals surface area contributed by atoms with Gasteiger partial charge in [-0.3, -0.25) is 9.98 Å². The van der Waals surface area contributed by atoms with Crippen molar-refractivity contribution < 1.29 is 13.1 Å². The van der Waals surface area contributed by atoms with Crippen molar-refractivity contribution in [2.24, 2.45) is 9.98 Å². The van der Waals surface area contributed by atoms with Crippen LogP contribution in [0.25, 0.3) is 0 Å². The molecule has 3 nitrogen and oxygen atoms in total. The average Bonchev–Trinajstić information content (AvgIpc) is 2.58. The summed E-state index contributed by atoms with van der Waals surface area (Å²) in [6.45, 7) is 14.1. The molecule has 0 bridgehead atoms. The van der Waals surface area contributed by atoms with Gasteiger partial charge in [0, 0.05) is 25.5 Å². The zero-order valence-corrected chi connectivity index (χ0v) is 20.0. The number of aryl methyl sites for hydroxylation is 6. The van der Waals surface area contributed by atoms with Crippen molar-refractivity contribution in [3.8, 4) is 0 Å². The molecule has 0 aliphatic carbocycles. The number of nitrogens with zero attached hydrogens (tertiary/aromatic N) is 2. The third-order valence-corrected chi connectivity index (χ3v) is 4.18. The van der Waals surface area contributed by atoms with Crippen LogP contribution in [0.2, 0.25) is 0 Å². The Morgan fingerprint density at radius 3 is 1.29 bits per heavy atom. The molecule has 0 saturated carbocycles. The SMILES string of the molecule is Cc1cc(C)c(N=CCNCC=Nc2c(C)cc(C)cc2C)c(C)c1.[Cl][Fe][Cl]. The van der Waals surface area contributed by atoms with Crippen LogP contribution in [0.3, 0.4) is 0 Å². The fourth-order valence-corrected chi connectivity index (χ4v) is 3.24. The number of nitrogens with one attached hydrogen (secondary N) is 1. The molecule has 0 fully saturated rings. The molecule has 1 N–H and O–H groups in total. The zero-order valence-electron chi connectivity index (χ0n) is 17.4. The number of hydrogen-bond donors (Lipinski definition) is 1. The van der Waals surface area contributed by atoms with E-state index >= 15 is 0 Å². The van der Waals surface area contributed by atoms with Gasteiger partial charge in [-0.05, 0) is 63.8 Å². The van der Waals surface area contributed by atoms with E-state index < -0.39 is 0 Å². The van der Waals surface area contributed by atoms with Crippen LogP contribution in [0, 0.1) is 41.5 Å². The monoisotopic (exact) mass is 461 g/mol. The van der Waals surface area contributed by atoms with E-state index in [9.17, 15) is 0 Å². The molecule has 6 heteroatoms. The fraction of sp³-hybridized carbons (Fsp3) is 0.364. The van der Waals surface area contributed by atoms with Crippen LogP contribution >= 0.6 is 20.2 Å². The number of halogens is 2. The van der Waals surface area contributed by atoms with Crippen molar-refractivity contribution in [1.29, 1.82) is 0 Å². The van der Waals surface area contributed by atoms with Crippen molar-refractivity contribution in [1.82, 2.24) is 5.32 Å². The zero-order chi connectivity index (χ0) is 21.1. The molecule has 0 spiro atoms. The second-order valence-electron chi connectivity index (χ2n) is 6.83. The Balaban J connectivity index is 0.00000122. The van der Waals surface area contributed by atoms with Gasteiger partial charge in [0.15, 0.2) is 0 Å². The predicted octanol–water partition coefficient (Wildman–Crippen LogP) is 6.61. The first-order chi connectivity index (χ1) is 13.3. The molecule has 0 aliphatic heterocycles. The van der Waals surface area contributed by atoms with Crippen molar-refractivity contribution >= 4 is 44.0 Å². The Labute approximate surface area is 184 Å². The summed E-state index contributed by atoms with van der Waals surface area (Å²) in [4.78, 5) is 9.22. The van der Waals surface area contributed by atoms with E-state index in [4.69, 9.17) is 20.2 Å². The Kier molecular flexibility index (Phi) is 11.7. The molecular weight excluding hydrogens is 433 g/mol. The van der Waals surface area contributed by atoms with E-state index in [2.05, 4.69) is 81.1 Å². The third-order valence-electron chi connectivity index (χ3n) is 4.18. The average molecular weight is 462 g/mol. The van der Waals surface area contributed by atoms with Crippen LogP contribution in [-0.4, -0.2) is 25.5 Å². The second-order valence-corrected chi connectivity index (χ2v) is 8.65. The molecule has 2 aromatic rings. The molecule has 2 aromatic carbocycles. The summed E-state index contributed by atoms with van der Waals surface area (Å²) in [5.74, 6) is 0. The van der Waals surface area contributed by atoms with Crippen LogP contribution in [0.4, 0.5) is 11.4 Å². The van der Waals surface area contributed by atoms with Crippen LogP contribution in [0.1, 0.15) is 33.4 Å². The van der Waals surface area contributed by atoms with Crippen molar-refractivity contribution in [2.75, 3.05) is 13.1 Å². The normalized spacial score (nSPS) is 11.3. The summed E-state index contributed by atoms with van der Waals surface area (Å²) in [6, 6.07) is 8.69. The fourth-order valence-electron chi connectivity index (χ4n) is 3.24. The topological polar surface area (TPSA) is 36.8 Å². The summed E-state index contributed by atoms with van der Waals surface area (Å²) >= 11 is 0.194. The first kappa shape index (κ1) is 24.9. The summed E-state index contributed by atoms with van der Waals surface area (Å²) < 4.78 is 0. The molecular formula is C22H29Cl2FeN3. The van der Waals surface area contributed by atoms with Gasteiger partial charge in [0.25, 0.3) is 0 Å². The molecule has 0 saturated heterocycles. The quantitative estimate of drug-likeness (QED) is 0.293. The van der Waals surface area contributed by atoms with Gasteiger partial charge in [-0.1, -0.05) is 35.4 Å². The van der Waals surface area contributed by atoms with Gasteiger partial charge in [0.2, 0.25) is 0 Å². The van der Waals surface area contributed by atoms with Crippen LogP contribution in [0.15, 0.2) is 34.3 Å². The molecule has 0 amide bonds. The Bertz CT molecular complexity index is 719. The maximum atomic E-state index is 4.76. The van der Waals surface area contributed by atoms with Crippen molar-refractivity contribution in [3.05, 3.63) is 57.6 Å². The molecule has 0 heterocycles. The van der Waals surface area contributed by atoms with Gasteiger partial charge in [-0.2, -0.15) is 0 Å². The minimum absolute atomic E-state index is 0.194. The predicted molar refractivity (Wildman–Crippen MR) is 122 cm³/mol. The second kappa shape index (κ2) is 13.1. The van der Waals surface area contributed by atoms with Gasteiger partial charge >= 0.3 is 33.3 Å². The minimum atomic E-state index is 0.194. The molecule has 0 atom stereocenters. The number of aliphatic imine (C=N–C) groups is 2. The van der Waals surface area contributed by atoms with Crippen molar-refractivity contribution in [2.45, 2.75) is 41.5 Å². The van der Waals surface area contributed by atoms with Crippen LogP contribution < -0.4 is 5.32 Å². The van der Waals surface area contributed by atoms with Crippen molar-refractivity contribution in [3.63, 3.8) is 0 Å². The molecule has 2 rings (SSSR count). The standard InChI is InChI=1S/C22H29N3.2ClH.Fe/c1-15-11-17(3)21(18(4)12-15)24-9-7-23-8-10-25-22-19(5)13-16(2)14-20(22)6;;;/h9-14,23H,7-8H2,1-6H3;2*1H;/q;;;+2/p-2. The van der Waals surface area contributed by atoms with Crippen LogP contribution in [0.5, 0.6) is 0 Å². The van der Waals surface area contributed by atoms with E-state index in [0.717, 1.165) is 24.5 Å². The molecule has 0 radical (unpaired) electrons. The van der Waals surface area contributed by atoms with Gasteiger partial charge in [0.05, 0.1) is 11.4 Å².